The first-order valence-corrected chi connectivity index (χ1v) is 9.17. The number of para-hydroxylation sites is 2. The molecule has 2 amide bonds. The normalized spacial score (nSPS) is 14.5. The summed E-state index contributed by atoms with van der Waals surface area (Å²) >= 11 is 1.17. The molecular weight excluding hydrogens is 334 g/mol. The van der Waals surface area contributed by atoms with E-state index in [0.717, 1.165) is 35.5 Å². The highest BCUT2D eigenvalue weighted by molar-refractivity contribution is 7.00. The summed E-state index contributed by atoms with van der Waals surface area (Å²) in [4.78, 5) is 14.8. The summed E-state index contributed by atoms with van der Waals surface area (Å²) < 4.78 is 8.36. The number of hydrogen-bond acceptors (Lipinski definition) is 5. The molecule has 0 saturated carbocycles. The zero-order valence-corrected chi connectivity index (χ0v) is 14.6. The fourth-order valence-corrected chi connectivity index (χ4v) is 3.65. The van der Waals surface area contributed by atoms with E-state index in [1.54, 1.807) is 0 Å². The molecule has 1 aliphatic heterocycles. The summed E-state index contributed by atoms with van der Waals surface area (Å²) in [5.74, 6) is 0. The maximum atomic E-state index is 12.4. The summed E-state index contributed by atoms with van der Waals surface area (Å²) in [6, 6.07) is 13.2. The Hall–Kier alpha value is -2.67. The van der Waals surface area contributed by atoms with Crippen LogP contribution in [0.1, 0.15) is 19.3 Å². The monoisotopic (exact) mass is 353 g/mol. The highest BCUT2D eigenvalue weighted by Crippen LogP contribution is 2.28. The number of urea groups is 1. The lowest BCUT2D eigenvalue weighted by atomic mass is 10.1. The second-order valence-corrected chi connectivity index (χ2v) is 6.64. The van der Waals surface area contributed by atoms with Crippen molar-refractivity contribution in [2.24, 2.45) is 0 Å². The molecule has 0 spiro atoms. The van der Waals surface area contributed by atoms with Gasteiger partial charge in [0.05, 0.1) is 23.1 Å². The minimum absolute atomic E-state index is 0.257. The number of rotatable bonds is 3. The van der Waals surface area contributed by atoms with Crippen molar-refractivity contribution in [1.82, 2.24) is 8.75 Å². The van der Waals surface area contributed by atoms with Crippen LogP contribution in [-0.2, 0) is 0 Å². The number of amides is 2. The van der Waals surface area contributed by atoms with E-state index in [0.29, 0.717) is 5.69 Å². The Morgan fingerprint density at radius 1 is 0.960 bits per heavy atom. The lowest BCUT2D eigenvalue weighted by molar-refractivity contribution is 0.262. The van der Waals surface area contributed by atoms with Crippen LogP contribution in [0, 0.1) is 0 Å². The third kappa shape index (κ3) is 3.56. The molecule has 0 unspecified atom stereocenters. The molecule has 1 saturated heterocycles. The Morgan fingerprint density at radius 2 is 1.76 bits per heavy atom. The van der Waals surface area contributed by atoms with E-state index >= 15 is 0 Å². The Labute approximate surface area is 150 Å². The van der Waals surface area contributed by atoms with Crippen molar-refractivity contribution in [2.45, 2.75) is 19.3 Å². The fraction of sp³-hybridized carbons (Fsp3) is 0.278. The zero-order chi connectivity index (χ0) is 17.1. The molecule has 1 aliphatic rings. The van der Waals surface area contributed by atoms with Gasteiger partial charge < -0.3 is 15.5 Å². The van der Waals surface area contributed by atoms with Crippen LogP contribution in [0.4, 0.5) is 21.9 Å². The Bertz CT molecular complexity index is 888. The predicted molar refractivity (Wildman–Crippen MR) is 103 cm³/mol. The smallest absolute Gasteiger partial charge is 0.323 e. The van der Waals surface area contributed by atoms with Gasteiger partial charge in [0.25, 0.3) is 0 Å². The lowest BCUT2D eigenvalue weighted by Gasteiger charge is -2.30. The van der Waals surface area contributed by atoms with Gasteiger partial charge in [-0.25, -0.2) is 4.79 Å². The van der Waals surface area contributed by atoms with E-state index in [1.165, 1.54) is 31.0 Å². The molecular formula is C18H19N5OS. The van der Waals surface area contributed by atoms with Crippen molar-refractivity contribution in [2.75, 3.05) is 28.6 Å². The van der Waals surface area contributed by atoms with Crippen LogP contribution in [-0.4, -0.2) is 27.9 Å². The number of fused-ring (bicyclic) bond motifs is 1. The molecule has 0 atom stereocenters. The van der Waals surface area contributed by atoms with E-state index in [1.807, 2.05) is 36.4 Å². The second kappa shape index (κ2) is 7.06. The second-order valence-electron chi connectivity index (χ2n) is 6.11. The number of nitrogens with one attached hydrogen (secondary N) is 2. The molecule has 4 rings (SSSR count). The fourth-order valence-electron chi connectivity index (χ4n) is 3.13. The van der Waals surface area contributed by atoms with E-state index in [9.17, 15) is 4.79 Å². The van der Waals surface area contributed by atoms with Gasteiger partial charge in [0, 0.05) is 18.8 Å². The summed E-state index contributed by atoms with van der Waals surface area (Å²) in [7, 11) is 0. The van der Waals surface area contributed by atoms with Crippen LogP contribution in [0.25, 0.3) is 11.0 Å². The van der Waals surface area contributed by atoms with E-state index < -0.39 is 0 Å². The molecule has 7 heteroatoms. The number of carbonyl (C=O) groups excluding carboxylic acids is 1. The SMILES string of the molecule is O=C(Nc1ccc2nsnc2c1)Nc1ccccc1N1CCCCC1. The summed E-state index contributed by atoms with van der Waals surface area (Å²) in [5, 5.41) is 5.84. The van der Waals surface area contributed by atoms with Crippen molar-refractivity contribution >= 4 is 45.9 Å². The summed E-state index contributed by atoms with van der Waals surface area (Å²) in [5.41, 5.74) is 4.24. The molecule has 0 radical (unpaired) electrons. The molecule has 0 aliphatic carbocycles. The molecule has 3 aromatic rings. The summed E-state index contributed by atoms with van der Waals surface area (Å²) in [6.45, 7) is 2.07. The number of anilines is 3. The molecule has 1 fully saturated rings. The lowest BCUT2D eigenvalue weighted by Crippen LogP contribution is -2.30. The average Bonchev–Trinajstić information content (AvgIpc) is 3.10. The molecule has 2 N–H and O–H groups in total. The van der Waals surface area contributed by atoms with Gasteiger partial charge in [-0.3, -0.25) is 0 Å². The largest absolute Gasteiger partial charge is 0.370 e. The van der Waals surface area contributed by atoms with Crippen LogP contribution in [0.5, 0.6) is 0 Å². The standard InChI is InChI=1S/C18H19N5OS/c24-18(19-13-8-9-14-16(12-13)22-25-21-14)20-15-6-2-3-7-17(15)23-10-4-1-5-11-23/h2-3,6-9,12H,1,4-5,10-11H2,(H2,19,20,24). The maximum Gasteiger partial charge on any atom is 0.323 e. The first-order chi connectivity index (χ1) is 12.3. The summed E-state index contributed by atoms with van der Waals surface area (Å²) in [6.07, 6.45) is 3.67. The van der Waals surface area contributed by atoms with Gasteiger partial charge in [0.2, 0.25) is 0 Å². The first kappa shape index (κ1) is 15.8. The van der Waals surface area contributed by atoms with Crippen molar-refractivity contribution in [3.05, 3.63) is 42.5 Å². The van der Waals surface area contributed by atoms with E-state index in [4.69, 9.17) is 0 Å². The molecule has 0 bridgehead atoms. The first-order valence-electron chi connectivity index (χ1n) is 8.44. The Kier molecular flexibility index (Phi) is 4.47. The van der Waals surface area contributed by atoms with Gasteiger partial charge in [0.1, 0.15) is 11.0 Å². The highest BCUT2D eigenvalue weighted by Gasteiger charge is 2.15. The minimum Gasteiger partial charge on any atom is -0.370 e. The zero-order valence-electron chi connectivity index (χ0n) is 13.7. The van der Waals surface area contributed by atoms with Crippen molar-refractivity contribution < 1.29 is 4.79 Å². The number of piperidine rings is 1. The van der Waals surface area contributed by atoms with Gasteiger partial charge in [-0.2, -0.15) is 8.75 Å². The minimum atomic E-state index is -0.257. The van der Waals surface area contributed by atoms with Crippen LogP contribution in [0.2, 0.25) is 0 Å². The van der Waals surface area contributed by atoms with Crippen molar-refractivity contribution in [3.63, 3.8) is 0 Å². The molecule has 2 aromatic carbocycles. The molecule has 1 aromatic heterocycles. The molecule has 6 nitrogen and oxygen atoms in total. The van der Waals surface area contributed by atoms with Crippen molar-refractivity contribution in [3.8, 4) is 0 Å². The number of carbonyl (C=O) groups is 1. The van der Waals surface area contributed by atoms with Gasteiger partial charge in [0.15, 0.2) is 0 Å². The molecule has 128 valence electrons. The van der Waals surface area contributed by atoms with Crippen molar-refractivity contribution in [1.29, 1.82) is 0 Å². The Morgan fingerprint density at radius 3 is 2.64 bits per heavy atom. The average molecular weight is 353 g/mol. The van der Waals surface area contributed by atoms with Crippen LogP contribution >= 0.6 is 11.7 Å². The van der Waals surface area contributed by atoms with Gasteiger partial charge >= 0.3 is 6.03 Å². The maximum absolute atomic E-state index is 12.4. The van der Waals surface area contributed by atoms with Crippen LogP contribution in [0.15, 0.2) is 42.5 Å². The molecule has 25 heavy (non-hydrogen) atoms. The van der Waals surface area contributed by atoms with Gasteiger partial charge in [-0.05, 0) is 49.6 Å². The number of hydrogen-bond donors (Lipinski definition) is 2. The third-order valence-electron chi connectivity index (χ3n) is 4.36. The van der Waals surface area contributed by atoms with Crippen LogP contribution in [0.3, 0.4) is 0 Å². The van der Waals surface area contributed by atoms with Gasteiger partial charge in [-0.1, -0.05) is 12.1 Å². The predicted octanol–water partition coefficient (Wildman–Crippen LogP) is 4.33. The van der Waals surface area contributed by atoms with E-state index in [-0.39, 0.29) is 6.03 Å². The number of nitrogens with zero attached hydrogens (tertiary/aromatic N) is 3. The number of benzene rings is 2. The quantitative estimate of drug-likeness (QED) is 0.735. The Balaban J connectivity index is 1.48. The third-order valence-corrected chi connectivity index (χ3v) is 4.92. The number of aromatic nitrogens is 2. The van der Waals surface area contributed by atoms with Gasteiger partial charge in [-0.15, -0.1) is 0 Å². The van der Waals surface area contributed by atoms with Crippen LogP contribution < -0.4 is 15.5 Å². The highest BCUT2D eigenvalue weighted by atomic mass is 32.1. The topological polar surface area (TPSA) is 70.1 Å². The molecule has 2 heterocycles. The van der Waals surface area contributed by atoms with E-state index in [2.05, 4.69) is 30.3 Å².